The van der Waals surface area contributed by atoms with Crippen molar-refractivity contribution >= 4 is 5.91 Å². The highest BCUT2D eigenvalue weighted by molar-refractivity contribution is 5.78. The third-order valence-electron chi connectivity index (χ3n) is 5.17. The van der Waals surface area contributed by atoms with Gasteiger partial charge in [-0.2, -0.15) is 0 Å². The minimum Gasteiger partial charge on any atom is -0.379 e. The molecule has 2 aliphatic rings. The summed E-state index contributed by atoms with van der Waals surface area (Å²) in [6.45, 7) is 4.21. The normalized spacial score (nSPS) is 20.5. The number of nitrogens with zero attached hydrogens (tertiary/aromatic N) is 2. The Morgan fingerprint density at radius 2 is 2.04 bits per heavy atom. The Bertz CT molecular complexity index is 738. The first kappa shape index (κ1) is 17.2. The number of hydrogen-bond acceptors (Lipinski definition) is 5. The van der Waals surface area contributed by atoms with Crippen LogP contribution in [-0.2, 0) is 35.3 Å². The van der Waals surface area contributed by atoms with Crippen molar-refractivity contribution in [3.8, 4) is 0 Å². The molecule has 6 nitrogen and oxygen atoms in total. The molecule has 6 heteroatoms. The molecule has 1 fully saturated rings. The Labute approximate surface area is 153 Å². The van der Waals surface area contributed by atoms with Gasteiger partial charge in [0.2, 0.25) is 5.91 Å². The Kier molecular flexibility index (Phi) is 5.32. The van der Waals surface area contributed by atoms with E-state index in [1.807, 2.05) is 30.3 Å². The number of nitrogens with one attached hydrogen (secondary N) is 1. The van der Waals surface area contributed by atoms with Gasteiger partial charge in [0.25, 0.3) is 0 Å². The molecule has 1 aliphatic carbocycles. The zero-order valence-corrected chi connectivity index (χ0v) is 14.9. The number of aryl methyl sites for hydroxylation is 1. The van der Waals surface area contributed by atoms with Crippen LogP contribution in [0.4, 0.5) is 0 Å². The van der Waals surface area contributed by atoms with E-state index >= 15 is 0 Å². The van der Waals surface area contributed by atoms with Gasteiger partial charge in [-0.05, 0) is 18.4 Å². The van der Waals surface area contributed by atoms with Crippen LogP contribution in [0.1, 0.15) is 29.0 Å². The van der Waals surface area contributed by atoms with Crippen LogP contribution in [0, 0.1) is 0 Å². The summed E-state index contributed by atoms with van der Waals surface area (Å²) in [7, 11) is 0. The molecule has 1 aromatic carbocycles. The standard InChI is InChI=1S/C20H25N3O3/c24-20(12-15-4-2-1-3-5-15)21-16-6-7-19-17(13-16)18(22-26-19)14-23-8-10-25-11-9-23/h1-5,16H,6-14H2,(H,21,24). The molecule has 1 N–H and O–H groups in total. The molecule has 1 aromatic heterocycles. The molecular formula is C20H25N3O3. The third-order valence-corrected chi connectivity index (χ3v) is 5.17. The van der Waals surface area contributed by atoms with Gasteiger partial charge in [-0.3, -0.25) is 9.69 Å². The topological polar surface area (TPSA) is 67.6 Å². The average Bonchev–Trinajstić information content (AvgIpc) is 3.05. The third kappa shape index (κ3) is 4.14. The molecule has 0 radical (unpaired) electrons. The number of hydrogen-bond donors (Lipinski definition) is 1. The van der Waals surface area contributed by atoms with Gasteiger partial charge in [0.15, 0.2) is 0 Å². The van der Waals surface area contributed by atoms with Gasteiger partial charge in [0, 0.05) is 37.7 Å². The van der Waals surface area contributed by atoms with Crippen LogP contribution in [0.25, 0.3) is 0 Å². The van der Waals surface area contributed by atoms with Crippen LogP contribution < -0.4 is 5.32 Å². The molecular weight excluding hydrogens is 330 g/mol. The van der Waals surface area contributed by atoms with Crippen molar-refractivity contribution in [2.75, 3.05) is 26.3 Å². The summed E-state index contributed by atoms with van der Waals surface area (Å²) in [5.41, 5.74) is 3.25. The minimum absolute atomic E-state index is 0.0795. The molecule has 1 atom stereocenters. The molecule has 2 aromatic rings. The molecule has 1 amide bonds. The van der Waals surface area contributed by atoms with Crippen LogP contribution >= 0.6 is 0 Å². The van der Waals surface area contributed by atoms with Crippen LogP contribution in [0.3, 0.4) is 0 Å². The summed E-state index contributed by atoms with van der Waals surface area (Å²) in [6, 6.07) is 10.0. The molecule has 138 valence electrons. The van der Waals surface area contributed by atoms with E-state index in [-0.39, 0.29) is 11.9 Å². The Balaban J connectivity index is 1.36. The summed E-state index contributed by atoms with van der Waals surface area (Å²) in [5, 5.41) is 7.49. The summed E-state index contributed by atoms with van der Waals surface area (Å²) in [5.74, 6) is 1.07. The van der Waals surface area contributed by atoms with Gasteiger partial charge >= 0.3 is 0 Å². The van der Waals surface area contributed by atoms with Gasteiger partial charge in [-0.1, -0.05) is 35.5 Å². The number of carbonyl (C=O) groups excluding carboxylic acids is 1. The van der Waals surface area contributed by atoms with E-state index in [1.165, 1.54) is 5.56 Å². The molecule has 26 heavy (non-hydrogen) atoms. The fraction of sp³-hybridized carbons (Fsp3) is 0.500. The van der Waals surface area contributed by atoms with Crippen molar-refractivity contribution in [2.24, 2.45) is 0 Å². The lowest BCUT2D eigenvalue weighted by molar-refractivity contribution is -0.121. The lowest BCUT2D eigenvalue weighted by Crippen LogP contribution is -2.40. The van der Waals surface area contributed by atoms with E-state index in [0.717, 1.165) is 69.1 Å². The maximum atomic E-state index is 12.4. The van der Waals surface area contributed by atoms with Crippen molar-refractivity contribution in [3.05, 3.63) is 52.9 Å². The number of amides is 1. The van der Waals surface area contributed by atoms with Crippen LogP contribution in [0.15, 0.2) is 34.9 Å². The summed E-state index contributed by atoms with van der Waals surface area (Å²) < 4.78 is 11.0. The first-order chi connectivity index (χ1) is 12.8. The van der Waals surface area contributed by atoms with Crippen LogP contribution in [-0.4, -0.2) is 48.3 Å². The van der Waals surface area contributed by atoms with E-state index in [2.05, 4.69) is 15.4 Å². The summed E-state index contributed by atoms with van der Waals surface area (Å²) >= 11 is 0. The first-order valence-corrected chi connectivity index (χ1v) is 9.37. The highest BCUT2D eigenvalue weighted by Gasteiger charge is 2.27. The van der Waals surface area contributed by atoms with Gasteiger partial charge in [-0.25, -0.2) is 0 Å². The van der Waals surface area contributed by atoms with Crippen molar-refractivity contribution in [3.63, 3.8) is 0 Å². The second-order valence-electron chi connectivity index (χ2n) is 7.09. The largest absolute Gasteiger partial charge is 0.379 e. The smallest absolute Gasteiger partial charge is 0.224 e. The summed E-state index contributed by atoms with van der Waals surface area (Å²) in [6.07, 6.45) is 2.97. The van der Waals surface area contributed by atoms with Gasteiger partial charge in [0.05, 0.1) is 19.6 Å². The van der Waals surface area contributed by atoms with Crippen molar-refractivity contribution in [1.82, 2.24) is 15.4 Å². The lowest BCUT2D eigenvalue weighted by atomic mass is 9.91. The predicted molar refractivity (Wildman–Crippen MR) is 96.7 cm³/mol. The Morgan fingerprint density at radius 3 is 2.85 bits per heavy atom. The van der Waals surface area contributed by atoms with Crippen molar-refractivity contribution in [1.29, 1.82) is 0 Å². The van der Waals surface area contributed by atoms with Gasteiger partial charge in [0.1, 0.15) is 11.5 Å². The van der Waals surface area contributed by atoms with E-state index in [4.69, 9.17) is 9.26 Å². The predicted octanol–water partition coefficient (Wildman–Crippen LogP) is 1.72. The van der Waals surface area contributed by atoms with E-state index in [0.29, 0.717) is 6.42 Å². The summed E-state index contributed by atoms with van der Waals surface area (Å²) in [4.78, 5) is 14.7. The quantitative estimate of drug-likeness (QED) is 0.885. The first-order valence-electron chi connectivity index (χ1n) is 9.37. The van der Waals surface area contributed by atoms with Crippen LogP contribution in [0.5, 0.6) is 0 Å². The maximum Gasteiger partial charge on any atom is 0.224 e. The van der Waals surface area contributed by atoms with Gasteiger partial charge in [-0.15, -0.1) is 0 Å². The Hall–Kier alpha value is -2.18. The zero-order chi connectivity index (χ0) is 17.8. The number of rotatable bonds is 5. The monoisotopic (exact) mass is 355 g/mol. The molecule has 2 heterocycles. The fourth-order valence-corrected chi connectivity index (χ4v) is 3.74. The Morgan fingerprint density at radius 1 is 1.23 bits per heavy atom. The maximum absolute atomic E-state index is 12.4. The van der Waals surface area contributed by atoms with Crippen molar-refractivity contribution in [2.45, 2.75) is 38.3 Å². The highest BCUT2D eigenvalue weighted by Crippen LogP contribution is 2.26. The van der Waals surface area contributed by atoms with E-state index in [1.54, 1.807) is 0 Å². The number of carbonyl (C=O) groups is 1. The molecule has 0 bridgehead atoms. The molecule has 1 saturated heterocycles. The van der Waals surface area contributed by atoms with E-state index in [9.17, 15) is 4.79 Å². The number of fused-ring (bicyclic) bond motifs is 1. The molecule has 1 unspecified atom stereocenters. The minimum atomic E-state index is 0.0795. The molecule has 1 aliphatic heterocycles. The lowest BCUT2D eigenvalue weighted by Gasteiger charge is -2.27. The van der Waals surface area contributed by atoms with Crippen LogP contribution in [0.2, 0.25) is 0 Å². The number of benzene rings is 1. The molecule has 0 spiro atoms. The zero-order valence-electron chi connectivity index (χ0n) is 14.9. The second kappa shape index (κ2) is 8.01. The fourth-order valence-electron chi connectivity index (χ4n) is 3.74. The highest BCUT2D eigenvalue weighted by atomic mass is 16.5. The van der Waals surface area contributed by atoms with Gasteiger partial charge < -0.3 is 14.6 Å². The SMILES string of the molecule is O=C(Cc1ccccc1)NC1CCc2onc(CN3CCOCC3)c2C1. The number of aromatic nitrogens is 1. The molecule has 0 saturated carbocycles. The average molecular weight is 355 g/mol. The number of ether oxygens (including phenoxy) is 1. The van der Waals surface area contributed by atoms with Crippen molar-refractivity contribution < 1.29 is 14.1 Å². The van der Waals surface area contributed by atoms with E-state index < -0.39 is 0 Å². The number of morpholine rings is 1. The second-order valence-corrected chi connectivity index (χ2v) is 7.09. The molecule has 4 rings (SSSR count).